The summed E-state index contributed by atoms with van der Waals surface area (Å²) >= 11 is 0. The standard InChI is InChI=1S/C56H41F3N2/c1-4-35(2)46-11-5-6-12-47(46)50(37-17-23-43(57)24-18-37)29-36(3)40-30-41(55-33-51(38-19-25-44(58)26-20-38)48-13-7-9-15-53(48)60-55)32-42(31-40)56-34-52(39-21-27-45(59)28-22-39)49-14-8-10-16-54(49)61-56/h5-34H,4H2,1-3H3. The van der Waals surface area contributed by atoms with Gasteiger partial charge in [0.15, 0.2) is 0 Å². The molecule has 0 saturated heterocycles. The van der Waals surface area contributed by atoms with Gasteiger partial charge in [-0.25, -0.2) is 23.1 Å². The van der Waals surface area contributed by atoms with Crippen molar-refractivity contribution in [3.63, 3.8) is 0 Å². The van der Waals surface area contributed by atoms with Crippen LogP contribution in [-0.4, -0.2) is 9.97 Å². The minimum Gasteiger partial charge on any atom is -0.248 e. The van der Waals surface area contributed by atoms with Crippen molar-refractivity contribution in [1.82, 2.24) is 9.97 Å². The van der Waals surface area contributed by atoms with Gasteiger partial charge < -0.3 is 0 Å². The van der Waals surface area contributed by atoms with Crippen molar-refractivity contribution in [2.24, 2.45) is 0 Å². The van der Waals surface area contributed by atoms with E-state index in [4.69, 9.17) is 9.97 Å². The molecule has 5 heteroatoms. The molecule has 0 aliphatic rings. The Hall–Kier alpha value is -7.37. The molecule has 9 rings (SSSR count). The van der Waals surface area contributed by atoms with Crippen LogP contribution in [0, 0.1) is 17.5 Å². The lowest BCUT2D eigenvalue weighted by atomic mass is 9.91. The largest absolute Gasteiger partial charge is 0.248 e. The van der Waals surface area contributed by atoms with Crippen LogP contribution in [0.15, 0.2) is 182 Å². The highest BCUT2D eigenvalue weighted by molar-refractivity contribution is 5.99. The molecule has 296 valence electrons. The number of rotatable bonds is 8. The van der Waals surface area contributed by atoms with Gasteiger partial charge in [-0.05, 0) is 154 Å². The van der Waals surface area contributed by atoms with Gasteiger partial charge in [-0.1, -0.05) is 116 Å². The van der Waals surface area contributed by atoms with Gasteiger partial charge in [-0.2, -0.15) is 0 Å². The molecule has 0 N–H and O–H groups in total. The van der Waals surface area contributed by atoms with Gasteiger partial charge in [-0.15, -0.1) is 0 Å². The lowest BCUT2D eigenvalue weighted by molar-refractivity contribution is 0.627. The number of para-hydroxylation sites is 2. The molecule has 0 unspecified atom stereocenters. The smallest absolute Gasteiger partial charge is 0.123 e. The van der Waals surface area contributed by atoms with Crippen molar-refractivity contribution in [3.05, 3.63) is 221 Å². The highest BCUT2D eigenvalue weighted by Gasteiger charge is 2.16. The Labute approximate surface area is 353 Å². The Balaban J connectivity index is 1.32. The molecule has 61 heavy (non-hydrogen) atoms. The molecule has 2 nitrogen and oxygen atoms in total. The zero-order valence-electron chi connectivity index (χ0n) is 34.1. The molecule has 0 bridgehead atoms. The van der Waals surface area contributed by atoms with Crippen LogP contribution in [-0.2, 0) is 0 Å². The fraction of sp³-hybridized carbons (Fsp3) is 0.0714. The maximum Gasteiger partial charge on any atom is 0.123 e. The van der Waals surface area contributed by atoms with Gasteiger partial charge in [0.1, 0.15) is 17.5 Å². The second-order valence-corrected chi connectivity index (χ2v) is 15.4. The molecule has 9 aromatic rings. The van der Waals surface area contributed by atoms with Crippen molar-refractivity contribution < 1.29 is 13.2 Å². The number of fused-ring (bicyclic) bond motifs is 2. The minimum atomic E-state index is -0.299. The fourth-order valence-electron chi connectivity index (χ4n) is 8.06. The summed E-state index contributed by atoms with van der Waals surface area (Å²) in [5.74, 6) is -0.893. The average Bonchev–Trinajstić information content (AvgIpc) is 3.30. The molecule has 2 aromatic heterocycles. The summed E-state index contributed by atoms with van der Waals surface area (Å²) in [6.07, 6.45) is 3.08. The summed E-state index contributed by atoms with van der Waals surface area (Å²) in [5, 5.41) is 4.12. The molecular formula is C56H41F3N2. The summed E-state index contributed by atoms with van der Waals surface area (Å²) in [4.78, 5) is 10.4. The number of hydrogen-bond donors (Lipinski definition) is 0. The van der Waals surface area contributed by atoms with Crippen LogP contribution < -0.4 is 10.4 Å². The second kappa shape index (κ2) is 16.7. The van der Waals surface area contributed by atoms with Crippen LogP contribution in [0.3, 0.4) is 0 Å². The number of hydrogen-bond acceptors (Lipinski definition) is 2. The predicted molar refractivity (Wildman–Crippen MR) is 246 cm³/mol. The van der Waals surface area contributed by atoms with Crippen LogP contribution in [0.2, 0.25) is 0 Å². The number of halogens is 3. The Kier molecular flexibility index (Phi) is 10.7. The number of pyridine rings is 2. The first-order valence-corrected chi connectivity index (χ1v) is 20.4. The minimum absolute atomic E-state index is 0.295. The maximum absolute atomic E-state index is 14.4. The van der Waals surface area contributed by atoms with Gasteiger partial charge in [0.25, 0.3) is 0 Å². The number of benzene rings is 7. The molecule has 0 saturated carbocycles. The molecule has 0 radical (unpaired) electrons. The van der Waals surface area contributed by atoms with E-state index in [-0.39, 0.29) is 17.5 Å². The van der Waals surface area contributed by atoms with Crippen molar-refractivity contribution in [1.29, 1.82) is 0 Å². The third kappa shape index (κ3) is 8.03. The van der Waals surface area contributed by atoms with E-state index in [0.29, 0.717) is 0 Å². The molecule has 0 atom stereocenters. The topological polar surface area (TPSA) is 25.8 Å². The summed E-state index contributed by atoms with van der Waals surface area (Å²) in [5.41, 5.74) is 13.5. The van der Waals surface area contributed by atoms with E-state index >= 15 is 0 Å². The van der Waals surface area contributed by atoms with Gasteiger partial charge in [0.05, 0.1) is 22.4 Å². The Morgan fingerprint density at radius 1 is 0.459 bits per heavy atom. The van der Waals surface area contributed by atoms with Gasteiger partial charge >= 0.3 is 0 Å². The highest BCUT2D eigenvalue weighted by Crippen LogP contribution is 2.38. The molecule has 7 aromatic carbocycles. The van der Waals surface area contributed by atoms with Crippen molar-refractivity contribution >= 4 is 38.5 Å². The zero-order chi connectivity index (χ0) is 42.0. The highest BCUT2D eigenvalue weighted by atomic mass is 19.1. The van der Waals surface area contributed by atoms with Crippen LogP contribution in [0.5, 0.6) is 0 Å². The van der Waals surface area contributed by atoms with E-state index in [9.17, 15) is 13.2 Å². The first-order chi connectivity index (χ1) is 29.7. The van der Waals surface area contributed by atoms with E-state index in [2.05, 4.69) is 75.4 Å². The SMILES string of the molecule is CCC(C)=c1ccccc1=C(C=C(C)c1cc(-c2cc(-c3ccc(F)cc3)c3ccccc3n2)cc(-c2cc(-c3ccc(F)cc3)c3ccccc3n2)c1)c1ccc(F)cc1. The molecular weight excluding hydrogens is 758 g/mol. The Morgan fingerprint density at radius 2 is 0.902 bits per heavy atom. The molecule has 0 aliphatic heterocycles. The zero-order valence-corrected chi connectivity index (χ0v) is 34.1. The van der Waals surface area contributed by atoms with Gasteiger partial charge in [0, 0.05) is 21.9 Å². The summed E-state index contributed by atoms with van der Waals surface area (Å²) in [7, 11) is 0. The second-order valence-electron chi connectivity index (χ2n) is 15.4. The molecule has 0 spiro atoms. The third-order valence-electron chi connectivity index (χ3n) is 11.4. The van der Waals surface area contributed by atoms with Crippen molar-refractivity contribution in [3.8, 4) is 44.8 Å². The van der Waals surface area contributed by atoms with Crippen LogP contribution in [0.1, 0.15) is 38.3 Å². The average molecular weight is 799 g/mol. The lowest BCUT2D eigenvalue weighted by Crippen LogP contribution is -2.28. The molecule has 0 fully saturated rings. The number of aromatic nitrogens is 2. The van der Waals surface area contributed by atoms with Crippen molar-refractivity contribution in [2.75, 3.05) is 0 Å². The molecule has 2 heterocycles. The Morgan fingerprint density at radius 3 is 1.39 bits per heavy atom. The molecule has 0 aliphatic carbocycles. The van der Waals surface area contributed by atoms with E-state index in [1.807, 2.05) is 66.7 Å². The first-order valence-electron chi connectivity index (χ1n) is 20.4. The van der Waals surface area contributed by atoms with Crippen molar-refractivity contribution in [2.45, 2.75) is 27.2 Å². The number of nitrogens with zero attached hydrogens (tertiary/aromatic N) is 2. The number of allylic oxidation sites excluding steroid dienone is 2. The predicted octanol–water partition coefficient (Wildman–Crippen LogP) is 13.8. The van der Waals surface area contributed by atoms with Crippen LogP contribution in [0.4, 0.5) is 13.2 Å². The van der Waals surface area contributed by atoms with Gasteiger partial charge in [0.2, 0.25) is 0 Å². The quantitative estimate of drug-likeness (QED) is 0.153. The van der Waals surface area contributed by atoms with E-state index in [1.54, 1.807) is 24.3 Å². The van der Waals surface area contributed by atoms with Gasteiger partial charge in [-0.3, -0.25) is 0 Å². The molecule has 0 amide bonds. The first kappa shape index (κ1) is 39.1. The Bertz CT molecular complexity index is 3110. The summed E-state index contributed by atoms with van der Waals surface area (Å²) < 4.78 is 42.7. The normalized spacial score (nSPS) is 12.8. The monoisotopic (exact) mass is 798 g/mol. The maximum atomic E-state index is 14.4. The van der Waals surface area contributed by atoms with E-state index in [1.165, 1.54) is 42.0 Å². The summed E-state index contributed by atoms with van der Waals surface area (Å²) in [6.45, 7) is 6.41. The lowest BCUT2D eigenvalue weighted by Gasteiger charge is -2.15. The van der Waals surface area contributed by atoms with Crippen LogP contribution >= 0.6 is 0 Å². The fourth-order valence-corrected chi connectivity index (χ4v) is 8.06. The van der Waals surface area contributed by atoms with E-state index < -0.39 is 0 Å². The van der Waals surface area contributed by atoms with Crippen LogP contribution in [0.25, 0.3) is 83.3 Å². The summed E-state index contributed by atoms with van der Waals surface area (Å²) in [6, 6.07) is 54.7. The van der Waals surface area contributed by atoms with E-state index in [0.717, 1.165) is 106 Å². The third-order valence-corrected chi connectivity index (χ3v) is 11.4.